The monoisotopic (exact) mass is 317 g/mol. The molecule has 0 atom stereocenters. The van der Waals surface area contributed by atoms with E-state index in [1.807, 2.05) is 21.1 Å². The van der Waals surface area contributed by atoms with Crippen LogP contribution in [0.4, 0.5) is 0 Å². The quantitative estimate of drug-likeness (QED) is 0.548. The zero-order valence-corrected chi connectivity index (χ0v) is 13.6. The largest absolute Gasteiger partial charge is 0.850 e. The van der Waals surface area contributed by atoms with Gasteiger partial charge in [0.25, 0.3) is 5.56 Å². The molecule has 0 radical (unpaired) electrons. The lowest BCUT2D eigenvalue weighted by Gasteiger charge is -2.25. The van der Waals surface area contributed by atoms with Gasteiger partial charge in [-0.05, 0) is 11.6 Å². The number of aromatic nitrogens is 4. The van der Waals surface area contributed by atoms with E-state index in [0.29, 0.717) is 0 Å². The molecule has 0 saturated heterocycles. The molecule has 0 aliphatic heterocycles. The summed E-state index contributed by atoms with van der Waals surface area (Å²) in [5.74, 6) is 0. The molecular weight excluding hydrogens is 298 g/mol. The van der Waals surface area contributed by atoms with Crippen molar-refractivity contribution >= 4 is 22.8 Å². The highest BCUT2D eigenvalue weighted by Gasteiger charge is 2.11. The first-order valence-corrected chi connectivity index (χ1v) is 6.66. The second-order valence-corrected chi connectivity index (χ2v) is 6.01. The van der Waals surface area contributed by atoms with Crippen molar-refractivity contribution in [1.82, 2.24) is 19.1 Å². The van der Waals surface area contributed by atoms with Gasteiger partial charge in [0, 0.05) is 14.1 Å². The van der Waals surface area contributed by atoms with Gasteiger partial charge in [0.1, 0.15) is 0 Å². The first-order valence-electron chi connectivity index (χ1n) is 6.28. The Kier molecular flexibility index (Phi) is 5.32. The predicted molar refractivity (Wildman–Crippen MR) is 79.4 cm³/mol. The van der Waals surface area contributed by atoms with Gasteiger partial charge >= 0.3 is 5.69 Å². The topological polar surface area (TPSA) is 95.7 Å². The van der Waals surface area contributed by atoms with Gasteiger partial charge in [-0.3, -0.25) is 13.9 Å². The third kappa shape index (κ3) is 4.16. The average Bonchev–Trinajstić information content (AvgIpc) is 2.75. The van der Waals surface area contributed by atoms with E-state index in [-0.39, 0.29) is 23.1 Å². The van der Waals surface area contributed by atoms with Gasteiger partial charge < -0.3 is 14.6 Å². The number of imidazole rings is 1. The van der Waals surface area contributed by atoms with Crippen molar-refractivity contribution in [3.8, 4) is 0 Å². The lowest BCUT2D eigenvalue weighted by molar-refractivity contribution is -0.875. The molecule has 0 fully saturated rings. The van der Waals surface area contributed by atoms with Crippen LogP contribution in [0.15, 0.2) is 9.59 Å². The number of fused-ring (bicyclic) bond motifs is 1. The van der Waals surface area contributed by atoms with Gasteiger partial charge in [0.05, 0.1) is 27.7 Å². The van der Waals surface area contributed by atoms with Crippen LogP contribution < -0.4 is 16.4 Å². The molecule has 21 heavy (non-hydrogen) atoms. The Balaban J connectivity index is 0.000000270. The fourth-order valence-electron chi connectivity index (χ4n) is 1.57. The summed E-state index contributed by atoms with van der Waals surface area (Å²) in [5, 5.41) is 10.0. The fourth-order valence-corrected chi connectivity index (χ4v) is 1.75. The highest BCUT2D eigenvalue weighted by molar-refractivity contribution is 6.28. The van der Waals surface area contributed by atoms with Crippen molar-refractivity contribution in [2.75, 3.05) is 34.3 Å². The summed E-state index contributed by atoms with van der Waals surface area (Å²) in [6.45, 7) is 0.753. The van der Waals surface area contributed by atoms with Gasteiger partial charge in [-0.2, -0.15) is 4.98 Å². The van der Waals surface area contributed by atoms with Gasteiger partial charge in [0.2, 0.25) is 5.28 Å². The third-order valence-corrected chi connectivity index (χ3v) is 3.01. The first kappa shape index (κ1) is 17.4. The van der Waals surface area contributed by atoms with E-state index in [1.165, 1.54) is 18.7 Å². The van der Waals surface area contributed by atoms with E-state index in [1.54, 1.807) is 0 Å². The van der Waals surface area contributed by atoms with Crippen molar-refractivity contribution in [3.63, 3.8) is 0 Å². The van der Waals surface area contributed by atoms with Gasteiger partial charge in [-0.15, -0.1) is 0 Å². The van der Waals surface area contributed by atoms with Crippen molar-refractivity contribution in [3.05, 3.63) is 26.1 Å². The van der Waals surface area contributed by atoms with Crippen LogP contribution in [0.3, 0.4) is 0 Å². The van der Waals surface area contributed by atoms with E-state index in [4.69, 9.17) is 11.6 Å². The molecule has 2 rings (SSSR count). The Labute approximate surface area is 126 Å². The maximum Gasteiger partial charge on any atom is 0.332 e. The highest BCUT2D eigenvalue weighted by atomic mass is 35.5. The number of nitrogens with one attached hydrogen (secondary N) is 1. The molecule has 2 aromatic heterocycles. The van der Waals surface area contributed by atoms with Crippen LogP contribution in [0.25, 0.3) is 11.2 Å². The number of rotatable bonds is 2. The minimum atomic E-state index is -0.428. The second kappa shape index (κ2) is 6.42. The van der Waals surface area contributed by atoms with E-state index in [2.05, 4.69) is 9.97 Å². The molecule has 0 aliphatic carbocycles. The number of hydrogen-bond acceptors (Lipinski definition) is 4. The van der Waals surface area contributed by atoms with Crippen molar-refractivity contribution in [2.24, 2.45) is 14.1 Å². The van der Waals surface area contributed by atoms with E-state index in [0.717, 1.165) is 15.6 Å². The van der Waals surface area contributed by atoms with E-state index < -0.39 is 11.2 Å². The van der Waals surface area contributed by atoms with Gasteiger partial charge in [-0.1, -0.05) is 6.61 Å². The Morgan fingerprint density at radius 1 is 1.24 bits per heavy atom. The molecule has 2 heterocycles. The van der Waals surface area contributed by atoms with Crippen LogP contribution in [0, 0.1) is 0 Å². The Morgan fingerprint density at radius 2 is 1.81 bits per heavy atom. The summed E-state index contributed by atoms with van der Waals surface area (Å²) in [7, 11) is 8.97. The number of aromatic amines is 1. The minimum absolute atomic E-state index is 0.0312. The Bertz CT molecular complexity index is 738. The molecule has 2 aromatic rings. The molecule has 0 saturated carbocycles. The molecule has 0 aliphatic rings. The van der Waals surface area contributed by atoms with E-state index in [9.17, 15) is 14.7 Å². The number of likely N-dealkylation sites (N-methyl/N-ethyl adjacent to an activating group) is 1. The van der Waals surface area contributed by atoms with Crippen LogP contribution in [0.1, 0.15) is 0 Å². The SMILES string of the molecule is C[N+](C)(C)CC[O-].Cn1c(=O)c2[nH]c(Cl)nc2n(C)c1=O. The molecule has 118 valence electrons. The highest BCUT2D eigenvalue weighted by Crippen LogP contribution is 2.07. The summed E-state index contributed by atoms with van der Waals surface area (Å²) in [6, 6.07) is 0. The Morgan fingerprint density at radius 3 is 2.24 bits per heavy atom. The first-order chi connectivity index (χ1) is 9.58. The summed E-state index contributed by atoms with van der Waals surface area (Å²) >= 11 is 5.60. The zero-order valence-electron chi connectivity index (χ0n) is 12.8. The molecule has 0 amide bonds. The Hall–Kier alpha value is -1.64. The molecule has 9 heteroatoms. The van der Waals surface area contributed by atoms with Crippen LogP contribution >= 0.6 is 11.6 Å². The number of H-pyrrole nitrogens is 1. The number of nitrogens with zero attached hydrogens (tertiary/aromatic N) is 4. The standard InChI is InChI=1S/C7H7ClN4O2.C5H13NO/c1-11-4-3(9-6(8)10-4)5(13)12(2)7(11)14;1-6(2,3)4-5-7/h1-2H3,(H,9,10);4-5H2,1-3H3. The fraction of sp³-hybridized carbons (Fsp3) is 0.583. The lowest BCUT2D eigenvalue weighted by atomic mass is 10.5. The number of aryl methyl sites for hydroxylation is 1. The molecule has 0 aromatic carbocycles. The molecule has 0 bridgehead atoms. The molecule has 1 N–H and O–H groups in total. The van der Waals surface area contributed by atoms with E-state index >= 15 is 0 Å². The van der Waals surface area contributed by atoms with Crippen molar-refractivity contribution in [1.29, 1.82) is 0 Å². The summed E-state index contributed by atoms with van der Waals surface area (Å²) in [4.78, 5) is 29.4. The van der Waals surface area contributed by atoms with Crippen molar-refractivity contribution in [2.45, 2.75) is 0 Å². The number of hydrogen-bond donors (Lipinski definition) is 1. The summed E-state index contributed by atoms with van der Waals surface area (Å²) < 4.78 is 3.04. The lowest BCUT2D eigenvalue weighted by Crippen LogP contribution is -2.39. The number of halogens is 1. The predicted octanol–water partition coefficient (Wildman–Crippen LogP) is -1.33. The average molecular weight is 318 g/mol. The van der Waals surface area contributed by atoms with Crippen molar-refractivity contribution < 1.29 is 9.59 Å². The third-order valence-electron chi connectivity index (χ3n) is 2.83. The van der Waals surface area contributed by atoms with Gasteiger partial charge in [-0.25, -0.2) is 4.79 Å². The normalized spacial score (nSPS) is 11.4. The zero-order chi connectivity index (χ0) is 16.4. The summed E-state index contributed by atoms with van der Waals surface area (Å²) in [5.41, 5.74) is -0.351. The summed E-state index contributed by atoms with van der Waals surface area (Å²) in [6.07, 6.45) is 0. The van der Waals surface area contributed by atoms with Crippen LogP contribution in [0.2, 0.25) is 5.28 Å². The van der Waals surface area contributed by atoms with Crippen LogP contribution in [0.5, 0.6) is 0 Å². The van der Waals surface area contributed by atoms with Crippen LogP contribution in [-0.4, -0.2) is 57.9 Å². The second-order valence-electron chi connectivity index (χ2n) is 5.65. The smallest absolute Gasteiger partial charge is 0.332 e. The maximum atomic E-state index is 11.5. The maximum absolute atomic E-state index is 11.5. The van der Waals surface area contributed by atoms with Gasteiger partial charge in [0.15, 0.2) is 11.2 Å². The van der Waals surface area contributed by atoms with Crippen LogP contribution in [-0.2, 0) is 14.1 Å². The number of quaternary nitrogens is 1. The molecular formula is C12H20ClN5O3. The molecule has 0 spiro atoms. The molecule has 8 nitrogen and oxygen atoms in total. The molecule has 0 unspecified atom stereocenters. The minimum Gasteiger partial charge on any atom is -0.850 e.